The Morgan fingerprint density at radius 2 is 1.94 bits per heavy atom. The number of ether oxygens (including phenoxy) is 1. The van der Waals surface area contributed by atoms with E-state index in [2.05, 4.69) is 15.3 Å². The highest BCUT2D eigenvalue weighted by atomic mass is 35.5. The largest absolute Gasteiger partial charge is 0.436 e. The van der Waals surface area contributed by atoms with E-state index in [0.29, 0.717) is 21.7 Å². The van der Waals surface area contributed by atoms with Gasteiger partial charge in [0.2, 0.25) is 11.8 Å². The van der Waals surface area contributed by atoms with E-state index in [1.807, 2.05) is 0 Å². The molecule has 94 valence electrons. The molecule has 0 spiro atoms. The fourth-order valence-electron chi connectivity index (χ4n) is 1.20. The van der Waals surface area contributed by atoms with Gasteiger partial charge in [-0.15, -0.1) is 0 Å². The fraction of sp³-hybridized carbons (Fsp3) is 0.0909. The smallest absolute Gasteiger partial charge is 0.243 e. The lowest BCUT2D eigenvalue weighted by atomic mass is 10.3. The monoisotopic (exact) mass is 303 g/mol. The molecule has 0 radical (unpaired) electrons. The van der Waals surface area contributed by atoms with Gasteiger partial charge in [0.05, 0.1) is 11.2 Å². The molecule has 1 heterocycles. The van der Waals surface area contributed by atoms with Gasteiger partial charge in [0.25, 0.3) is 0 Å². The normalized spacial score (nSPS) is 10.2. The van der Waals surface area contributed by atoms with E-state index < -0.39 is 0 Å². The minimum Gasteiger partial charge on any atom is -0.436 e. The second-order valence-corrected chi connectivity index (χ2v) is 4.52. The Hall–Kier alpha value is -1.23. The van der Waals surface area contributed by atoms with Crippen LogP contribution in [0.15, 0.2) is 24.4 Å². The molecule has 1 N–H and O–H groups in total. The Morgan fingerprint density at radius 3 is 2.67 bits per heavy atom. The SMILES string of the molecule is CNc1ncc(Cl)c(Oc2cc(Cl)ccc2Cl)n1. The Morgan fingerprint density at radius 1 is 1.17 bits per heavy atom. The van der Waals surface area contributed by atoms with Gasteiger partial charge in [-0.05, 0) is 12.1 Å². The molecule has 0 aliphatic heterocycles. The van der Waals surface area contributed by atoms with Gasteiger partial charge in [0.15, 0.2) is 0 Å². The lowest BCUT2D eigenvalue weighted by molar-refractivity contribution is 0.463. The van der Waals surface area contributed by atoms with Crippen molar-refractivity contribution in [2.75, 3.05) is 12.4 Å². The molecular weight excluding hydrogens is 296 g/mol. The topological polar surface area (TPSA) is 47.0 Å². The van der Waals surface area contributed by atoms with Crippen LogP contribution in [0, 0.1) is 0 Å². The summed E-state index contributed by atoms with van der Waals surface area (Å²) in [6.45, 7) is 0. The molecule has 2 aromatic rings. The van der Waals surface area contributed by atoms with Crippen LogP contribution in [0.4, 0.5) is 5.95 Å². The van der Waals surface area contributed by atoms with Crippen molar-refractivity contribution in [3.63, 3.8) is 0 Å². The second-order valence-electron chi connectivity index (χ2n) is 3.27. The molecule has 0 fully saturated rings. The van der Waals surface area contributed by atoms with Crippen LogP contribution in [0.25, 0.3) is 0 Å². The summed E-state index contributed by atoms with van der Waals surface area (Å²) in [7, 11) is 1.69. The van der Waals surface area contributed by atoms with Gasteiger partial charge >= 0.3 is 0 Å². The first-order chi connectivity index (χ1) is 8.60. The Labute approximate surface area is 119 Å². The van der Waals surface area contributed by atoms with Crippen molar-refractivity contribution >= 4 is 40.8 Å². The maximum absolute atomic E-state index is 5.99. The predicted octanol–water partition coefficient (Wildman–Crippen LogP) is 4.27. The number of anilines is 1. The van der Waals surface area contributed by atoms with Gasteiger partial charge in [0, 0.05) is 18.1 Å². The van der Waals surface area contributed by atoms with E-state index in [1.165, 1.54) is 6.20 Å². The fourth-order valence-corrected chi connectivity index (χ4v) is 1.65. The van der Waals surface area contributed by atoms with Crippen molar-refractivity contribution in [2.45, 2.75) is 0 Å². The van der Waals surface area contributed by atoms with E-state index in [4.69, 9.17) is 39.5 Å². The van der Waals surface area contributed by atoms with Crippen molar-refractivity contribution in [3.8, 4) is 11.6 Å². The first-order valence-electron chi connectivity index (χ1n) is 4.93. The van der Waals surface area contributed by atoms with E-state index in [0.717, 1.165) is 0 Å². The number of aromatic nitrogens is 2. The molecule has 0 saturated heterocycles. The zero-order valence-corrected chi connectivity index (χ0v) is 11.5. The molecule has 4 nitrogen and oxygen atoms in total. The molecule has 18 heavy (non-hydrogen) atoms. The van der Waals surface area contributed by atoms with Gasteiger partial charge in [0.1, 0.15) is 10.8 Å². The van der Waals surface area contributed by atoms with Crippen LogP contribution in [0.5, 0.6) is 11.6 Å². The summed E-state index contributed by atoms with van der Waals surface area (Å²) in [5.41, 5.74) is 0. The molecule has 0 unspecified atom stereocenters. The van der Waals surface area contributed by atoms with Crippen LogP contribution in [0.3, 0.4) is 0 Å². The molecule has 1 aromatic heterocycles. The summed E-state index contributed by atoms with van der Waals surface area (Å²) in [6, 6.07) is 4.88. The Balaban J connectivity index is 2.36. The van der Waals surface area contributed by atoms with Crippen LogP contribution >= 0.6 is 34.8 Å². The van der Waals surface area contributed by atoms with Gasteiger partial charge in [-0.25, -0.2) is 4.98 Å². The molecule has 0 aliphatic carbocycles. The molecule has 0 amide bonds. The van der Waals surface area contributed by atoms with E-state index in [-0.39, 0.29) is 10.9 Å². The summed E-state index contributed by atoms with van der Waals surface area (Å²) in [6.07, 6.45) is 1.44. The molecule has 0 aliphatic rings. The molecular formula is C11H8Cl3N3O. The minimum atomic E-state index is 0.209. The number of nitrogens with one attached hydrogen (secondary N) is 1. The number of benzene rings is 1. The van der Waals surface area contributed by atoms with E-state index >= 15 is 0 Å². The van der Waals surface area contributed by atoms with Crippen LogP contribution in [0.2, 0.25) is 15.1 Å². The zero-order chi connectivity index (χ0) is 13.1. The number of nitrogens with zero attached hydrogens (tertiary/aromatic N) is 2. The Kier molecular flexibility index (Phi) is 4.11. The summed E-state index contributed by atoms with van der Waals surface area (Å²) < 4.78 is 5.52. The van der Waals surface area contributed by atoms with Crippen LogP contribution < -0.4 is 10.1 Å². The standard InChI is InChI=1S/C11H8Cl3N3O/c1-15-11-16-5-8(14)10(17-11)18-9-4-6(12)2-3-7(9)13/h2-5H,1H3,(H,15,16,17). The van der Waals surface area contributed by atoms with Crippen molar-refractivity contribution in [1.29, 1.82) is 0 Å². The average molecular weight is 305 g/mol. The molecule has 0 atom stereocenters. The van der Waals surface area contributed by atoms with Crippen LogP contribution in [0.1, 0.15) is 0 Å². The maximum Gasteiger partial charge on any atom is 0.243 e. The number of halogens is 3. The third-order valence-electron chi connectivity index (χ3n) is 2.04. The quantitative estimate of drug-likeness (QED) is 0.920. The lowest BCUT2D eigenvalue weighted by Gasteiger charge is -2.09. The summed E-state index contributed by atoms with van der Waals surface area (Å²) in [4.78, 5) is 8.02. The predicted molar refractivity (Wildman–Crippen MR) is 73.1 cm³/mol. The third-order valence-corrected chi connectivity index (χ3v) is 2.84. The zero-order valence-electron chi connectivity index (χ0n) is 9.25. The highest BCUT2D eigenvalue weighted by molar-refractivity contribution is 6.34. The molecule has 0 bridgehead atoms. The molecule has 1 aromatic carbocycles. The molecule has 7 heteroatoms. The summed E-state index contributed by atoms with van der Waals surface area (Å²) in [5.74, 6) is 0.986. The van der Waals surface area contributed by atoms with Gasteiger partial charge in [-0.3, -0.25) is 0 Å². The lowest BCUT2D eigenvalue weighted by Crippen LogP contribution is -1.98. The van der Waals surface area contributed by atoms with E-state index in [1.54, 1.807) is 25.2 Å². The summed E-state index contributed by atoms with van der Waals surface area (Å²) in [5, 5.41) is 3.99. The van der Waals surface area contributed by atoms with E-state index in [9.17, 15) is 0 Å². The number of hydrogen-bond donors (Lipinski definition) is 1. The average Bonchev–Trinajstić information content (AvgIpc) is 2.36. The molecule has 0 saturated carbocycles. The first kappa shape index (κ1) is 13.2. The van der Waals surface area contributed by atoms with Crippen molar-refractivity contribution in [1.82, 2.24) is 9.97 Å². The van der Waals surface area contributed by atoms with Gasteiger partial charge in [-0.2, -0.15) is 4.98 Å². The second kappa shape index (κ2) is 5.61. The van der Waals surface area contributed by atoms with Crippen LogP contribution in [-0.4, -0.2) is 17.0 Å². The molecule has 2 rings (SSSR count). The van der Waals surface area contributed by atoms with Crippen LogP contribution in [-0.2, 0) is 0 Å². The first-order valence-corrected chi connectivity index (χ1v) is 6.06. The highest BCUT2D eigenvalue weighted by Gasteiger charge is 2.10. The minimum absolute atomic E-state index is 0.209. The number of hydrogen-bond acceptors (Lipinski definition) is 4. The van der Waals surface area contributed by atoms with Crippen molar-refractivity contribution < 1.29 is 4.74 Å². The van der Waals surface area contributed by atoms with Crippen molar-refractivity contribution in [2.24, 2.45) is 0 Å². The van der Waals surface area contributed by atoms with Crippen molar-refractivity contribution in [3.05, 3.63) is 39.5 Å². The maximum atomic E-state index is 5.99. The number of rotatable bonds is 3. The Bertz CT molecular complexity index is 577. The van der Waals surface area contributed by atoms with Gasteiger partial charge < -0.3 is 10.1 Å². The highest BCUT2D eigenvalue weighted by Crippen LogP contribution is 2.34. The van der Waals surface area contributed by atoms with Gasteiger partial charge in [-0.1, -0.05) is 34.8 Å². The third kappa shape index (κ3) is 2.96. The summed E-state index contributed by atoms with van der Waals surface area (Å²) >= 11 is 17.8.